The van der Waals surface area contributed by atoms with E-state index in [1.807, 2.05) is 24.3 Å². The summed E-state index contributed by atoms with van der Waals surface area (Å²) in [7, 11) is 1.72. The van der Waals surface area contributed by atoms with E-state index in [2.05, 4.69) is 12.2 Å². The highest BCUT2D eigenvalue weighted by molar-refractivity contribution is 8.04. The van der Waals surface area contributed by atoms with E-state index in [0.717, 1.165) is 29.0 Å². The van der Waals surface area contributed by atoms with E-state index in [1.165, 1.54) is 11.8 Å². The Morgan fingerprint density at radius 2 is 2.04 bits per heavy atom. The summed E-state index contributed by atoms with van der Waals surface area (Å²) in [5.74, 6) is -0.231. The van der Waals surface area contributed by atoms with Crippen LogP contribution in [0.4, 0.5) is 5.69 Å². The molecule has 3 rings (SSSR count). The van der Waals surface area contributed by atoms with Crippen LogP contribution in [0.3, 0.4) is 0 Å². The number of carbonyl (C=O) groups is 2. The van der Waals surface area contributed by atoms with Gasteiger partial charge in [-0.25, -0.2) is 0 Å². The number of halogens is 1. The van der Waals surface area contributed by atoms with Crippen LogP contribution in [-0.2, 0) is 4.79 Å². The van der Waals surface area contributed by atoms with Crippen LogP contribution in [0.1, 0.15) is 35.7 Å². The van der Waals surface area contributed by atoms with Gasteiger partial charge >= 0.3 is 0 Å². The van der Waals surface area contributed by atoms with Gasteiger partial charge in [0.1, 0.15) is 0 Å². The maximum absolute atomic E-state index is 12.8. The lowest BCUT2D eigenvalue weighted by atomic mass is 10.1. The molecule has 0 spiro atoms. The molecule has 0 saturated carbocycles. The summed E-state index contributed by atoms with van der Waals surface area (Å²) >= 11 is 7.61. The molecule has 0 fully saturated rings. The van der Waals surface area contributed by atoms with Crippen molar-refractivity contribution in [2.75, 3.05) is 18.5 Å². The number of hydrogen-bond donors (Lipinski definition) is 1. The number of benzene rings is 2. The van der Waals surface area contributed by atoms with E-state index in [-0.39, 0.29) is 11.8 Å². The van der Waals surface area contributed by atoms with Gasteiger partial charge in [-0.1, -0.05) is 54.9 Å². The summed E-state index contributed by atoms with van der Waals surface area (Å²) < 4.78 is 0. The van der Waals surface area contributed by atoms with E-state index < -0.39 is 0 Å². The highest BCUT2D eigenvalue weighted by Crippen LogP contribution is 2.42. The molecule has 4 nitrogen and oxygen atoms in total. The molecule has 2 aromatic rings. The summed E-state index contributed by atoms with van der Waals surface area (Å²) in [5.41, 5.74) is 2.10. The third-order valence-electron chi connectivity index (χ3n) is 4.33. The summed E-state index contributed by atoms with van der Waals surface area (Å²) in [6.45, 7) is 2.73. The van der Waals surface area contributed by atoms with Crippen molar-refractivity contribution in [3.8, 4) is 0 Å². The molecule has 0 radical (unpaired) electrons. The highest BCUT2D eigenvalue weighted by Gasteiger charge is 2.27. The van der Waals surface area contributed by atoms with Crippen molar-refractivity contribution in [1.29, 1.82) is 0 Å². The third kappa shape index (κ3) is 4.37. The quantitative estimate of drug-likeness (QED) is 0.568. The third-order valence-corrected chi connectivity index (χ3v) is 5.75. The predicted molar refractivity (Wildman–Crippen MR) is 112 cm³/mol. The molecule has 0 aromatic heterocycles. The van der Waals surface area contributed by atoms with Crippen LogP contribution < -0.4 is 10.2 Å². The van der Waals surface area contributed by atoms with Crippen molar-refractivity contribution in [1.82, 2.24) is 5.32 Å². The first-order valence-corrected chi connectivity index (χ1v) is 10.0. The zero-order valence-electron chi connectivity index (χ0n) is 15.3. The zero-order chi connectivity index (χ0) is 19.4. The van der Waals surface area contributed by atoms with E-state index in [4.69, 9.17) is 11.6 Å². The van der Waals surface area contributed by atoms with Crippen molar-refractivity contribution >= 4 is 46.9 Å². The number of hydrogen-bond acceptors (Lipinski definition) is 3. The maximum Gasteiger partial charge on any atom is 0.264 e. The Balaban J connectivity index is 1.87. The lowest BCUT2D eigenvalue weighted by Gasteiger charge is -2.27. The monoisotopic (exact) mass is 400 g/mol. The Bertz CT molecular complexity index is 911. The molecule has 2 aromatic carbocycles. The zero-order valence-corrected chi connectivity index (χ0v) is 16.9. The number of nitrogens with zero attached hydrogens (tertiary/aromatic N) is 1. The molecule has 2 amide bonds. The van der Waals surface area contributed by atoms with Gasteiger partial charge in [-0.2, -0.15) is 0 Å². The van der Waals surface area contributed by atoms with Crippen LogP contribution >= 0.6 is 23.4 Å². The number of anilines is 1. The molecule has 27 heavy (non-hydrogen) atoms. The van der Waals surface area contributed by atoms with E-state index in [0.29, 0.717) is 22.0 Å². The molecule has 0 aliphatic carbocycles. The molecule has 1 aliphatic rings. The molecule has 1 N–H and O–H groups in total. The van der Waals surface area contributed by atoms with Crippen molar-refractivity contribution in [2.45, 2.75) is 24.7 Å². The largest absolute Gasteiger partial charge is 0.352 e. The normalized spacial score (nSPS) is 15.0. The fourth-order valence-corrected chi connectivity index (χ4v) is 4.02. The molecule has 0 bridgehead atoms. The first kappa shape index (κ1) is 19.5. The van der Waals surface area contributed by atoms with Gasteiger partial charge in [-0.05, 0) is 42.3 Å². The topological polar surface area (TPSA) is 49.4 Å². The fraction of sp³-hybridized carbons (Fsp3) is 0.238. The highest BCUT2D eigenvalue weighted by atomic mass is 35.5. The van der Waals surface area contributed by atoms with Crippen molar-refractivity contribution < 1.29 is 9.59 Å². The smallest absolute Gasteiger partial charge is 0.264 e. The van der Waals surface area contributed by atoms with Crippen LogP contribution in [0, 0.1) is 0 Å². The number of rotatable bonds is 5. The van der Waals surface area contributed by atoms with Crippen LogP contribution in [0.15, 0.2) is 52.3 Å². The Morgan fingerprint density at radius 1 is 1.26 bits per heavy atom. The van der Waals surface area contributed by atoms with Crippen LogP contribution in [-0.4, -0.2) is 25.4 Å². The number of thioether (sulfide) groups is 1. The lowest BCUT2D eigenvalue weighted by Crippen LogP contribution is -2.31. The second kappa shape index (κ2) is 8.63. The standard InChI is InChI=1S/C21H21ClN2O2S/c1-3-4-11-23-20(25)15-9-10-18-17(12-15)24(2)21(26)19(27-18)13-14-7-5-6-8-16(14)22/h5-10,12-13H,3-4,11H2,1-2H3,(H,23,25)/b19-13-. The van der Waals surface area contributed by atoms with Gasteiger partial charge in [-0.3, -0.25) is 9.59 Å². The molecule has 1 aliphatic heterocycles. The molecule has 0 atom stereocenters. The van der Waals surface area contributed by atoms with Crippen LogP contribution in [0.5, 0.6) is 0 Å². The number of amides is 2. The first-order chi connectivity index (χ1) is 13.0. The SMILES string of the molecule is CCCCNC(=O)c1ccc2c(c1)N(C)C(=O)/C(=C/c1ccccc1Cl)S2. The average molecular weight is 401 g/mol. The van der Waals surface area contributed by atoms with Gasteiger partial charge in [0.15, 0.2) is 0 Å². The van der Waals surface area contributed by atoms with Crippen molar-refractivity contribution in [2.24, 2.45) is 0 Å². The van der Waals surface area contributed by atoms with E-state index in [1.54, 1.807) is 36.2 Å². The minimum atomic E-state index is -0.116. The van der Waals surface area contributed by atoms with Gasteiger partial charge < -0.3 is 10.2 Å². The molecular formula is C21H21ClN2O2S. The second-order valence-corrected chi connectivity index (χ2v) is 7.78. The van der Waals surface area contributed by atoms with Crippen molar-refractivity contribution in [3.63, 3.8) is 0 Å². The molecule has 0 saturated heterocycles. The van der Waals surface area contributed by atoms with Gasteiger partial charge in [0.2, 0.25) is 0 Å². The number of unbranched alkanes of at least 4 members (excludes halogenated alkanes) is 1. The van der Waals surface area contributed by atoms with Gasteiger partial charge in [0.05, 0.1) is 10.6 Å². The van der Waals surface area contributed by atoms with Gasteiger partial charge in [-0.15, -0.1) is 0 Å². The number of nitrogens with one attached hydrogen (secondary N) is 1. The molecule has 140 valence electrons. The van der Waals surface area contributed by atoms with E-state index in [9.17, 15) is 9.59 Å². The minimum Gasteiger partial charge on any atom is -0.352 e. The molecular weight excluding hydrogens is 380 g/mol. The van der Waals surface area contributed by atoms with Crippen molar-refractivity contribution in [3.05, 3.63) is 63.5 Å². The lowest BCUT2D eigenvalue weighted by molar-refractivity contribution is -0.114. The fourth-order valence-electron chi connectivity index (χ4n) is 2.75. The number of likely N-dealkylation sites (N-methyl/N-ethyl adjacent to an activating group) is 1. The first-order valence-electron chi connectivity index (χ1n) is 8.85. The Kier molecular flexibility index (Phi) is 6.24. The molecule has 6 heteroatoms. The van der Waals surface area contributed by atoms with Gasteiger partial charge in [0.25, 0.3) is 11.8 Å². The summed E-state index contributed by atoms with van der Waals surface area (Å²) in [5, 5.41) is 3.51. The average Bonchev–Trinajstić information content (AvgIpc) is 2.67. The summed E-state index contributed by atoms with van der Waals surface area (Å²) in [6.07, 6.45) is 3.78. The van der Waals surface area contributed by atoms with Crippen LogP contribution in [0.25, 0.3) is 6.08 Å². The minimum absolute atomic E-state index is 0.115. The summed E-state index contributed by atoms with van der Waals surface area (Å²) in [4.78, 5) is 28.2. The Hall–Kier alpha value is -2.24. The predicted octanol–water partition coefficient (Wildman–Crippen LogP) is 4.98. The molecule has 0 unspecified atom stereocenters. The number of carbonyl (C=O) groups excluding carboxylic acids is 2. The Morgan fingerprint density at radius 3 is 2.78 bits per heavy atom. The number of fused-ring (bicyclic) bond motifs is 1. The van der Waals surface area contributed by atoms with Crippen LogP contribution in [0.2, 0.25) is 5.02 Å². The maximum atomic E-state index is 12.8. The van der Waals surface area contributed by atoms with E-state index >= 15 is 0 Å². The summed E-state index contributed by atoms with van der Waals surface area (Å²) in [6, 6.07) is 12.9. The Labute approximate surface area is 168 Å². The second-order valence-electron chi connectivity index (χ2n) is 6.29. The van der Waals surface area contributed by atoms with Gasteiger partial charge in [0, 0.05) is 29.1 Å². The molecule has 1 heterocycles.